The first-order valence-corrected chi connectivity index (χ1v) is 7.39. The Kier molecular flexibility index (Phi) is 5.65. The third kappa shape index (κ3) is 5.01. The second-order valence-corrected chi connectivity index (χ2v) is 7.09. The maximum Gasteiger partial charge on any atom is 0.407 e. The SMILES string of the molecule is CN(C)CC[C@H]1CC[C@H](N(C(=O)O)C(C)(C)C)CC1. The van der Waals surface area contributed by atoms with Crippen LogP contribution >= 0.6 is 0 Å². The van der Waals surface area contributed by atoms with Gasteiger partial charge in [-0.2, -0.15) is 0 Å². The van der Waals surface area contributed by atoms with Gasteiger partial charge in [0.05, 0.1) is 0 Å². The lowest BCUT2D eigenvalue weighted by Crippen LogP contribution is -2.52. The average Bonchev–Trinajstić information content (AvgIpc) is 2.25. The summed E-state index contributed by atoms with van der Waals surface area (Å²) in [6, 6.07) is 0.202. The molecule has 4 heteroatoms. The number of carboxylic acid groups (broad SMARTS) is 1. The standard InChI is InChI=1S/C15H30N2O2/c1-15(2,3)17(14(18)19)13-8-6-12(7-9-13)10-11-16(4)5/h12-13H,6-11H2,1-5H3,(H,18,19)/t12-,13-. The van der Waals surface area contributed by atoms with Crippen LogP contribution in [0.4, 0.5) is 4.79 Å². The summed E-state index contributed by atoms with van der Waals surface area (Å²) in [5.41, 5.74) is -0.299. The van der Waals surface area contributed by atoms with Crippen molar-refractivity contribution in [2.75, 3.05) is 20.6 Å². The minimum absolute atomic E-state index is 0.202. The highest BCUT2D eigenvalue weighted by Gasteiger charge is 2.35. The van der Waals surface area contributed by atoms with Gasteiger partial charge in [-0.3, -0.25) is 0 Å². The van der Waals surface area contributed by atoms with Crippen LogP contribution in [0.5, 0.6) is 0 Å². The fraction of sp³-hybridized carbons (Fsp3) is 0.933. The first-order chi connectivity index (χ1) is 8.71. The summed E-state index contributed by atoms with van der Waals surface area (Å²) in [5.74, 6) is 0.772. The summed E-state index contributed by atoms with van der Waals surface area (Å²) in [7, 11) is 4.22. The molecule has 0 radical (unpaired) electrons. The van der Waals surface area contributed by atoms with Gasteiger partial charge in [0.15, 0.2) is 0 Å². The van der Waals surface area contributed by atoms with Crippen LogP contribution in [0, 0.1) is 5.92 Å². The van der Waals surface area contributed by atoms with Gasteiger partial charge in [-0.15, -0.1) is 0 Å². The molecule has 1 fully saturated rings. The van der Waals surface area contributed by atoms with E-state index in [9.17, 15) is 9.90 Å². The zero-order valence-electron chi connectivity index (χ0n) is 13.1. The van der Waals surface area contributed by atoms with Crippen LogP contribution in [0.3, 0.4) is 0 Å². The molecule has 0 aromatic carbocycles. The van der Waals surface area contributed by atoms with E-state index in [4.69, 9.17) is 0 Å². The predicted molar refractivity (Wildman–Crippen MR) is 78.5 cm³/mol. The van der Waals surface area contributed by atoms with Crippen molar-refractivity contribution < 1.29 is 9.90 Å². The Bertz CT molecular complexity index is 289. The van der Waals surface area contributed by atoms with E-state index in [0.717, 1.165) is 25.3 Å². The van der Waals surface area contributed by atoms with Gasteiger partial charge in [0.25, 0.3) is 0 Å². The van der Waals surface area contributed by atoms with Gasteiger partial charge in [-0.25, -0.2) is 4.79 Å². The molecule has 0 unspecified atom stereocenters. The molecule has 0 spiro atoms. The molecule has 0 heterocycles. The first kappa shape index (κ1) is 16.3. The molecule has 0 atom stereocenters. The predicted octanol–water partition coefficient (Wildman–Crippen LogP) is 3.28. The highest BCUT2D eigenvalue weighted by Crippen LogP contribution is 2.32. The van der Waals surface area contributed by atoms with Crippen LogP contribution in [-0.2, 0) is 0 Å². The number of carbonyl (C=O) groups is 1. The molecule has 0 bridgehead atoms. The van der Waals surface area contributed by atoms with Gasteiger partial charge < -0.3 is 14.9 Å². The Labute approximate surface area is 117 Å². The Morgan fingerprint density at radius 1 is 1.16 bits per heavy atom. The number of nitrogens with zero attached hydrogens (tertiary/aromatic N) is 2. The normalized spacial score (nSPS) is 24.5. The van der Waals surface area contributed by atoms with Crippen molar-refractivity contribution in [1.29, 1.82) is 0 Å². The molecule has 0 aliphatic heterocycles. The fourth-order valence-electron chi connectivity index (χ4n) is 3.12. The van der Waals surface area contributed by atoms with Gasteiger partial charge in [0.2, 0.25) is 0 Å². The summed E-state index contributed by atoms with van der Waals surface area (Å²) < 4.78 is 0. The number of hydrogen-bond acceptors (Lipinski definition) is 2. The molecule has 112 valence electrons. The van der Waals surface area contributed by atoms with Gasteiger partial charge in [0.1, 0.15) is 0 Å². The Balaban J connectivity index is 2.50. The molecule has 1 aliphatic rings. The zero-order chi connectivity index (χ0) is 14.6. The van der Waals surface area contributed by atoms with Crippen LogP contribution in [0.2, 0.25) is 0 Å². The van der Waals surface area contributed by atoms with E-state index in [1.54, 1.807) is 4.90 Å². The van der Waals surface area contributed by atoms with Gasteiger partial charge >= 0.3 is 6.09 Å². The minimum atomic E-state index is -0.774. The van der Waals surface area contributed by atoms with Crippen molar-refractivity contribution in [1.82, 2.24) is 9.80 Å². The second-order valence-electron chi connectivity index (χ2n) is 7.09. The maximum absolute atomic E-state index is 11.5. The maximum atomic E-state index is 11.5. The van der Waals surface area contributed by atoms with E-state index in [0.29, 0.717) is 0 Å². The smallest absolute Gasteiger partial charge is 0.407 e. The molecular formula is C15H30N2O2. The van der Waals surface area contributed by atoms with Crippen molar-refractivity contribution >= 4 is 6.09 Å². The molecule has 4 nitrogen and oxygen atoms in total. The Hall–Kier alpha value is -0.770. The van der Waals surface area contributed by atoms with Crippen LogP contribution in [0.1, 0.15) is 52.9 Å². The van der Waals surface area contributed by atoms with E-state index in [1.807, 2.05) is 20.8 Å². The first-order valence-electron chi connectivity index (χ1n) is 7.39. The summed E-state index contributed by atoms with van der Waals surface area (Å²) in [6.45, 7) is 7.09. The number of hydrogen-bond donors (Lipinski definition) is 1. The molecule has 1 aliphatic carbocycles. The molecule has 0 saturated heterocycles. The van der Waals surface area contributed by atoms with Crippen LogP contribution < -0.4 is 0 Å². The van der Waals surface area contributed by atoms with E-state index >= 15 is 0 Å². The summed E-state index contributed by atoms with van der Waals surface area (Å²) in [5, 5.41) is 9.42. The van der Waals surface area contributed by atoms with E-state index in [-0.39, 0.29) is 11.6 Å². The van der Waals surface area contributed by atoms with Crippen molar-refractivity contribution in [3.63, 3.8) is 0 Å². The minimum Gasteiger partial charge on any atom is -0.465 e. The highest BCUT2D eigenvalue weighted by atomic mass is 16.4. The average molecular weight is 270 g/mol. The lowest BCUT2D eigenvalue weighted by molar-refractivity contribution is 0.0493. The molecular weight excluding hydrogens is 240 g/mol. The van der Waals surface area contributed by atoms with E-state index in [2.05, 4.69) is 19.0 Å². The second kappa shape index (κ2) is 6.60. The van der Waals surface area contributed by atoms with Gasteiger partial charge in [0, 0.05) is 11.6 Å². The monoisotopic (exact) mass is 270 g/mol. The Morgan fingerprint density at radius 2 is 1.68 bits per heavy atom. The lowest BCUT2D eigenvalue weighted by atomic mass is 9.82. The molecule has 0 aromatic rings. The Morgan fingerprint density at radius 3 is 2.05 bits per heavy atom. The molecule has 1 saturated carbocycles. The topological polar surface area (TPSA) is 43.8 Å². The fourth-order valence-corrected chi connectivity index (χ4v) is 3.12. The van der Waals surface area contributed by atoms with Gasteiger partial charge in [-0.1, -0.05) is 0 Å². The largest absolute Gasteiger partial charge is 0.465 e. The van der Waals surface area contributed by atoms with Crippen LogP contribution in [0.25, 0.3) is 0 Å². The third-order valence-corrected chi connectivity index (χ3v) is 4.09. The van der Waals surface area contributed by atoms with Crippen molar-refractivity contribution in [2.24, 2.45) is 5.92 Å². The zero-order valence-corrected chi connectivity index (χ0v) is 13.1. The van der Waals surface area contributed by atoms with Crippen LogP contribution in [0.15, 0.2) is 0 Å². The van der Waals surface area contributed by atoms with Crippen molar-refractivity contribution in [3.05, 3.63) is 0 Å². The van der Waals surface area contributed by atoms with E-state index < -0.39 is 6.09 Å². The quantitative estimate of drug-likeness (QED) is 0.852. The summed E-state index contributed by atoms with van der Waals surface area (Å²) in [6.07, 6.45) is 4.83. The molecule has 1 rings (SSSR count). The van der Waals surface area contributed by atoms with E-state index in [1.165, 1.54) is 19.3 Å². The summed E-state index contributed by atoms with van der Waals surface area (Å²) >= 11 is 0. The molecule has 19 heavy (non-hydrogen) atoms. The highest BCUT2D eigenvalue weighted by molar-refractivity contribution is 5.66. The van der Waals surface area contributed by atoms with Crippen LogP contribution in [-0.4, -0.2) is 53.2 Å². The van der Waals surface area contributed by atoms with Crippen molar-refractivity contribution in [2.45, 2.75) is 64.5 Å². The van der Waals surface area contributed by atoms with Crippen molar-refractivity contribution in [3.8, 4) is 0 Å². The molecule has 1 amide bonds. The lowest BCUT2D eigenvalue weighted by Gasteiger charge is -2.42. The number of rotatable bonds is 4. The molecule has 0 aromatic heterocycles. The third-order valence-electron chi connectivity index (χ3n) is 4.09. The molecule has 1 N–H and O–H groups in total. The summed E-state index contributed by atoms with van der Waals surface area (Å²) in [4.78, 5) is 15.4. The van der Waals surface area contributed by atoms with Gasteiger partial charge in [-0.05, 0) is 79.4 Å². The number of amides is 1.